The van der Waals surface area contributed by atoms with Crippen molar-refractivity contribution in [2.45, 2.75) is 6.54 Å². The maximum atomic E-state index is 11.6. The molecule has 0 unspecified atom stereocenters. The number of ether oxygens (including phenoxy) is 1. The van der Waals surface area contributed by atoms with Crippen LogP contribution in [0.25, 0.3) is 0 Å². The number of benzene rings is 1. The van der Waals surface area contributed by atoms with Crippen molar-refractivity contribution in [2.75, 3.05) is 33.3 Å². The highest BCUT2D eigenvalue weighted by Crippen LogP contribution is 2.17. The van der Waals surface area contributed by atoms with Crippen LogP contribution in [-0.2, 0) is 6.54 Å². The Bertz CT molecular complexity index is 422. The molecule has 1 fully saturated rings. The molecule has 1 aliphatic heterocycles. The summed E-state index contributed by atoms with van der Waals surface area (Å²) in [5.41, 5.74) is 6.62. The van der Waals surface area contributed by atoms with E-state index in [0.717, 1.165) is 24.4 Å². The van der Waals surface area contributed by atoms with Gasteiger partial charge in [0.05, 0.1) is 6.54 Å². The van der Waals surface area contributed by atoms with E-state index in [9.17, 15) is 4.79 Å². The Morgan fingerprint density at radius 2 is 2.11 bits per heavy atom. The van der Waals surface area contributed by atoms with Crippen LogP contribution in [0, 0.1) is 0 Å². The third kappa shape index (κ3) is 2.73. The molecule has 1 aliphatic rings. The second-order valence-corrected chi connectivity index (χ2v) is 4.35. The SMILES string of the molecule is CN1CCN(CCOc2ccccc2CN)C1=O. The largest absolute Gasteiger partial charge is 0.491 e. The highest BCUT2D eigenvalue weighted by Gasteiger charge is 2.24. The number of rotatable bonds is 5. The number of para-hydroxylation sites is 1. The molecule has 98 valence electrons. The lowest BCUT2D eigenvalue weighted by Gasteiger charge is -2.17. The summed E-state index contributed by atoms with van der Waals surface area (Å²) in [5, 5.41) is 0. The molecule has 1 aromatic rings. The summed E-state index contributed by atoms with van der Waals surface area (Å²) in [6.07, 6.45) is 0. The molecule has 0 saturated carbocycles. The van der Waals surface area contributed by atoms with Crippen LogP contribution in [0.1, 0.15) is 5.56 Å². The third-order valence-electron chi connectivity index (χ3n) is 3.11. The van der Waals surface area contributed by atoms with Crippen molar-refractivity contribution in [3.63, 3.8) is 0 Å². The van der Waals surface area contributed by atoms with E-state index in [1.165, 1.54) is 0 Å². The Morgan fingerprint density at radius 1 is 1.33 bits per heavy atom. The lowest BCUT2D eigenvalue weighted by molar-refractivity contribution is 0.187. The second kappa shape index (κ2) is 5.73. The maximum Gasteiger partial charge on any atom is 0.319 e. The molecular formula is C13H19N3O2. The number of likely N-dealkylation sites (N-methyl/N-ethyl adjacent to an activating group) is 1. The number of hydrogen-bond acceptors (Lipinski definition) is 3. The van der Waals surface area contributed by atoms with Crippen molar-refractivity contribution >= 4 is 6.03 Å². The molecule has 5 heteroatoms. The van der Waals surface area contributed by atoms with Crippen LogP contribution in [-0.4, -0.2) is 49.1 Å². The van der Waals surface area contributed by atoms with E-state index in [-0.39, 0.29) is 6.03 Å². The van der Waals surface area contributed by atoms with Gasteiger partial charge in [0.2, 0.25) is 0 Å². The molecule has 0 aliphatic carbocycles. The minimum Gasteiger partial charge on any atom is -0.491 e. The number of nitrogens with zero attached hydrogens (tertiary/aromatic N) is 2. The van der Waals surface area contributed by atoms with Crippen LogP contribution in [0.15, 0.2) is 24.3 Å². The van der Waals surface area contributed by atoms with Crippen LogP contribution in [0.5, 0.6) is 5.75 Å². The van der Waals surface area contributed by atoms with Crippen molar-refractivity contribution < 1.29 is 9.53 Å². The summed E-state index contributed by atoms with van der Waals surface area (Å²) in [6, 6.07) is 7.78. The van der Waals surface area contributed by atoms with E-state index >= 15 is 0 Å². The average Bonchev–Trinajstić information content (AvgIpc) is 2.71. The summed E-state index contributed by atoms with van der Waals surface area (Å²) < 4.78 is 5.68. The molecular weight excluding hydrogens is 230 g/mol. The summed E-state index contributed by atoms with van der Waals surface area (Å²) in [6.45, 7) is 3.13. The quantitative estimate of drug-likeness (QED) is 0.843. The first kappa shape index (κ1) is 12.7. The van der Waals surface area contributed by atoms with Crippen LogP contribution >= 0.6 is 0 Å². The van der Waals surface area contributed by atoms with Crippen molar-refractivity contribution in [1.82, 2.24) is 9.80 Å². The second-order valence-electron chi connectivity index (χ2n) is 4.35. The van der Waals surface area contributed by atoms with Gasteiger partial charge >= 0.3 is 6.03 Å². The normalized spacial score (nSPS) is 15.3. The summed E-state index contributed by atoms with van der Waals surface area (Å²) in [7, 11) is 1.81. The van der Waals surface area contributed by atoms with Gasteiger partial charge in [-0.15, -0.1) is 0 Å². The number of carbonyl (C=O) groups is 1. The van der Waals surface area contributed by atoms with Crippen LogP contribution in [0.4, 0.5) is 4.79 Å². The third-order valence-corrected chi connectivity index (χ3v) is 3.11. The van der Waals surface area contributed by atoms with E-state index in [1.54, 1.807) is 9.80 Å². The summed E-state index contributed by atoms with van der Waals surface area (Å²) in [5.74, 6) is 0.806. The summed E-state index contributed by atoms with van der Waals surface area (Å²) >= 11 is 0. The molecule has 1 saturated heterocycles. The van der Waals surface area contributed by atoms with Crippen LogP contribution < -0.4 is 10.5 Å². The maximum absolute atomic E-state index is 11.6. The summed E-state index contributed by atoms with van der Waals surface area (Å²) in [4.78, 5) is 15.2. The number of nitrogens with two attached hydrogens (primary N) is 1. The van der Waals surface area contributed by atoms with E-state index in [1.807, 2.05) is 31.3 Å². The Labute approximate surface area is 107 Å². The topological polar surface area (TPSA) is 58.8 Å². The molecule has 0 spiro atoms. The standard InChI is InChI=1S/C13H19N3O2/c1-15-6-7-16(13(15)17)8-9-18-12-5-3-2-4-11(12)10-14/h2-5H,6-10,14H2,1H3. The molecule has 2 amide bonds. The Morgan fingerprint density at radius 3 is 2.78 bits per heavy atom. The molecule has 0 aromatic heterocycles. The van der Waals surface area contributed by atoms with Gasteiger partial charge in [0.1, 0.15) is 12.4 Å². The van der Waals surface area contributed by atoms with Crippen molar-refractivity contribution in [2.24, 2.45) is 5.73 Å². The molecule has 5 nitrogen and oxygen atoms in total. The molecule has 0 bridgehead atoms. The zero-order chi connectivity index (χ0) is 13.0. The molecule has 1 heterocycles. The van der Waals surface area contributed by atoms with Gasteiger partial charge in [0.25, 0.3) is 0 Å². The van der Waals surface area contributed by atoms with Gasteiger partial charge in [-0.1, -0.05) is 18.2 Å². The van der Waals surface area contributed by atoms with E-state index in [2.05, 4.69) is 0 Å². The number of carbonyl (C=O) groups excluding carboxylic acids is 1. The number of amides is 2. The van der Waals surface area contributed by atoms with E-state index in [4.69, 9.17) is 10.5 Å². The minimum atomic E-state index is 0.0747. The molecule has 2 rings (SSSR count). The molecule has 2 N–H and O–H groups in total. The molecule has 18 heavy (non-hydrogen) atoms. The van der Waals surface area contributed by atoms with Crippen molar-refractivity contribution in [3.8, 4) is 5.75 Å². The zero-order valence-electron chi connectivity index (χ0n) is 10.6. The van der Waals surface area contributed by atoms with Gasteiger partial charge in [-0.3, -0.25) is 0 Å². The van der Waals surface area contributed by atoms with Gasteiger partial charge in [-0.05, 0) is 6.07 Å². The van der Waals surface area contributed by atoms with E-state index in [0.29, 0.717) is 19.7 Å². The predicted octanol–water partition coefficient (Wildman–Crippen LogP) is 0.891. The highest BCUT2D eigenvalue weighted by atomic mass is 16.5. The first-order valence-corrected chi connectivity index (χ1v) is 6.13. The minimum absolute atomic E-state index is 0.0747. The molecule has 0 atom stereocenters. The van der Waals surface area contributed by atoms with Gasteiger partial charge in [0.15, 0.2) is 0 Å². The van der Waals surface area contributed by atoms with Gasteiger partial charge in [0, 0.05) is 32.2 Å². The van der Waals surface area contributed by atoms with Gasteiger partial charge < -0.3 is 20.3 Å². The Hall–Kier alpha value is -1.75. The highest BCUT2D eigenvalue weighted by molar-refractivity contribution is 5.76. The van der Waals surface area contributed by atoms with Gasteiger partial charge in [-0.25, -0.2) is 4.79 Å². The van der Waals surface area contributed by atoms with E-state index < -0.39 is 0 Å². The Balaban J connectivity index is 1.83. The first-order chi connectivity index (χ1) is 8.72. The zero-order valence-corrected chi connectivity index (χ0v) is 10.6. The predicted molar refractivity (Wildman–Crippen MR) is 69.4 cm³/mol. The number of hydrogen-bond donors (Lipinski definition) is 1. The molecule has 0 radical (unpaired) electrons. The fraction of sp³-hybridized carbons (Fsp3) is 0.462. The van der Waals surface area contributed by atoms with Crippen molar-refractivity contribution in [1.29, 1.82) is 0 Å². The van der Waals surface area contributed by atoms with Crippen molar-refractivity contribution in [3.05, 3.63) is 29.8 Å². The van der Waals surface area contributed by atoms with Crippen LogP contribution in [0.2, 0.25) is 0 Å². The Kier molecular flexibility index (Phi) is 4.04. The number of urea groups is 1. The lowest BCUT2D eigenvalue weighted by Crippen LogP contribution is -2.32. The fourth-order valence-corrected chi connectivity index (χ4v) is 1.99. The van der Waals surface area contributed by atoms with Gasteiger partial charge in [-0.2, -0.15) is 0 Å². The molecule has 1 aromatic carbocycles. The lowest BCUT2D eigenvalue weighted by atomic mass is 10.2. The first-order valence-electron chi connectivity index (χ1n) is 6.13. The van der Waals surface area contributed by atoms with Crippen LogP contribution in [0.3, 0.4) is 0 Å². The monoisotopic (exact) mass is 249 g/mol. The average molecular weight is 249 g/mol. The fourth-order valence-electron chi connectivity index (χ4n) is 1.99. The smallest absolute Gasteiger partial charge is 0.319 e.